The second kappa shape index (κ2) is 7.21. The lowest BCUT2D eigenvalue weighted by molar-refractivity contribution is 0.415. The molecule has 2 aromatic heterocycles. The molecule has 0 bridgehead atoms. The zero-order chi connectivity index (χ0) is 18.6. The maximum atomic E-state index is 5.96. The van der Waals surface area contributed by atoms with Gasteiger partial charge in [-0.3, -0.25) is 0 Å². The lowest BCUT2D eigenvalue weighted by Gasteiger charge is -2.03. The number of nitrogens with two attached hydrogens (primary N) is 1. The Morgan fingerprint density at radius 3 is 2.52 bits per heavy atom. The van der Waals surface area contributed by atoms with Gasteiger partial charge in [-0.05, 0) is 36.4 Å². The van der Waals surface area contributed by atoms with Crippen molar-refractivity contribution >= 4 is 12.2 Å². The molecule has 2 aromatic carbocycles. The van der Waals surface area contributed by atoms with Crippen molar-refractivity contribution in [3.63, 3.8) is 0 Å². The molecule has 2 N–H and O–H groups in total. The minimum absolute atomic E-state index is 0.312. The largest absolute Gasteiger partial charge is 0.497 e. The van der Waals surface area contributed by atoms with Crippen LogP contribution in [0, 0.1) is 0 Å². The summed E-state index contributed by atoms with van der Waals surface area (Å²) in [7, 11) is 1.64. The summed E-state index contributed by atoms with van der Waals surface area (Å²) in [5.74, 6) is 2.48. The van der Waals surface area contributed by atoms with Crippen molar-refractivity contribution in [2.45, 2.75) is 0 Å². The smallest absolute Gasteiger partial charge is 0.221 e. The van der Waals surface area contributed by atoms with Gasteiger partial charge in [0, 0.05) is 11.1 Å². The molecule has 6 heteroatoms. The number of aromatic nitrogens is 2. The Hall–Kier alpha value is -3.80. The Labute approximate surface area is 156 Å². The molecule has 4 aromatic rings. The lowest BCUT2D eigenvalue weighted by atomic mass is 10.2. The van der Waals surface area contributed by atoms with Gasteiger partial charge in [-0.1, -0.05) is 30.3 Å². The van der Waals surface area contributed by atoms with E-state index >= 15 is 0 Å². The first kappa shape index (κ1) is 16.7. The van der Waals surface area contributed by atoms with E-state index in [1.807, 2.05) is 66.7 Å². The number of rotatable bonds is 5. The van der Waals surface area contributed by atoms with E-state index in [2.05, 4.69) is 10.1 Å². The van der Waals surface area contributed by atoms with Crippen molar-refractivity contribution in [2.75, 3.05) is 12.8 Å². The zero-order valence-electron chi connectivity index (χ0n) is 14.7. The first-order valence-corrected chi connectivity index (χ1v) is 8.42. The standard InChI is InChI=1S/C21H18N4O2/c1-26-17-9-7-16(8-10-17)20-12-11-18(27-20)13-24-25-19(14-23-21(25)22)15-5-3-2-4-6-15/h2-14H,1H3,(H2,22,23). The zero-order valence-corrected chi connectivity index (χ0v) is 14.7. The molecule has 0 saturated heterocycles. The second-order valence-corrected chi connectivity index (χ2v) is 5.85. The highest BCUT2D eigenvalue weighted by Crippen LogP contribution is 2.25. The molecule has 0 saturated carbocycles. The van der Waals surface area contributed by atoms with Gasteiger partial charge in [-0.15, -0.1) is 0 Å². The van der Waals surface area contributed by atoms with Crippen LogP contribution in [-0.4, -0.2) is 23.0 Å². The van der Waals surface area contributed by atoms with Gasteiger partial charge < -0.3 is 14.9 Å². The third kappa shape index (κ3) is 3.46. The van der Waals surface area contributed by atoms with Crippen molar-refractivity contribution in [1.29, 1.82) is 0 Å². The van der Waals surface area contributed by atoms with Gasteiger partial charge in [0.25, 0.3) is 0 Å². The molecule has 0 radical (unpaired) electrons. The highest BCUT2D eigenvalue weighted by molar-refractivity contribution is 5.78. The van der Waals surface area contributed by atoms with Gasteiger partial charge in [0.05, 0.1) is 25.2 Å². The summed E-state index contributed by atoms with van der Waals surface area (Å²) in [6.45, 7) is 0. The molecule has 6 nitrogen and oxygen atoms in total. The molecule has 4 rings (SSSR count). The maximum Gasteiger partial charge on any atom is 0.221 e. The number of ether oxygens (including phenoxy) is 1. The van der Waals surface area contributed by atoms with E-state index in [1.54, 1.807) is 24.2 Å². The number of imidazole rings is 1. The van der Waals surface area contributed by atoms with E-state index in [-0.39, 0.29) is 0 Å². The highest BCUT2D eigenvalue weighted by atomic mass is 16.5. The van der Waals surface area contributed by atoms with Gasteiger partial charge in [0.2, 0.25) is 5.95 Å². The second-order valence-electron chi connectivity index (χ2n) is 5.85. The summed E-state index contributed by atoms with van der Waals surface area (Å²) in [6, 6.07) is 21.3. The summed E-state index contributed by atoms with van der Waals surface area (Å²) in [6.07, 6.45) is 3.32. The number of furan rings is 1. The van der Waals surface area contributed by atoms with Crippen molar-refractivity contribution in [3.8, 4) is 28.3 Å². The summed E-state index contributed by atoms with van der Waals surface area (Å²) in [5.41, 5.74) is 8.72. The Bertz CT molecular complexity index is 1060. The van der Waals surface area contributed by atoms with E-state index in [0.717, 1.165) is 28.3 Å². The molecule has 0 aliphatic carbocycles. The molecule has 0 spiro atoms. The van der Waals surface area contributed by atoms with Crippen LogP contribution >= 0.6 is 0 Å². The first-order chi connectivity index (χ1) is 13.2. The minimum atomic E-state index is 0.312. The summed E-state index contributed by atoms with van der Waals surface area (Å²) in [4.78, 5) is 4.16. The Balaban J connectivity index is 1.59. The maximum absolute atomic E-state index is 5.96. The molecule has 27 heavy (non-hydrogen) atoms. The van der Waals surface area contributed by atoms with Crippen LogP contribution in [0.25, 0.3) is 22.6 Å². The molecular weight excluding hydrogens is 340 g/mol. The van der Waals surface area contributed by atoms with Gasteiger partial charge in [0.1, 0.15) is 17.3 Å². The number of anilines is 1. The van der Waals surface area contributed by atoms with Crippen LogP contribution in [0.3, 0.4) is 0 Å². The number of nitrogen functional groups attached to an aromatic ring is 1. The monoisotopic (exact) mass is 358 g/mol. The molecule has 0 atom stereocenters. The van der Waals surface area contributed by atoms with Crippen molar-refractivity contribution in [2.24, 2.45) is 5.10 Å². The number of nitrogens with zero attached hydrogens (tertiary/aromatic N) is 3. The normalized spacial score (nSPS) is 11.1. The number of hydrogen-bond donors (Lipinski definition) is 1. The molecule has 2 heterocycles. The van der Waals surface area contributed by atoms with Crippen LogP contribution in [0.4, 0.5) is 5.95 Å². The van der Waals surface area contributed by atoms with Crippen LogP contribution in [0.5, 0.6) is 5.75 Å². The molecule has 0 aliphatic heterocycles. The Morgan fingerprint density at radius 2 is 1.78 bits per heavy atom. The number of benzene rings is 2. The summed E-state index contributed by atoms with van der Waals surface area (Å²) < 4.78 is 12.6. The number of methoxy groups -OCH3 is 1. The molecule has 134 valence electrons. The van der Waals surface area contributed by atoms with E-state index in [9.17, 15) is 0 Å². The van der Waals surface area contributed by atoms with Crippen molar-refractivity contribution in [3.05, 3.63) is 78.7 Å². The third-order valence-corrected chi connectivity index (χ3v) is 4.14. The van der Waals surface area contributed by atoms with Crippen LogP contribution in [0.2, 0.25) is 0 Å². The first-order valence-electron chi connectivity index (χ1n) is 8.42. The number of hydrogen-bond acceptors (Lipinski definition) is 5. The van der Waals surface area contributed by atoms with E-state index < -0.39 is 0 Å². The topological polar surface area (TPSA) is 78.6 Å². The Kier molecular flexibility index (Phi) is 4.45. The molecule has 0 fully saturated rings. The molecular formula is C21H18N4O2. The van der Waals surface area contributed by atoms with Crippen LogP contribution in [0.1, 0.15) is 5.76 Å². The van der Waals surface area contributed by atoms with Crippen molar-refractivity contribution < 1.29 is 9.15 Å². The van der Waals surface area contributed by atoms with E-state index in [4.69, 9.17) is 14.9 Å². The highest BCUT2D eigenvalue weighted by Gasteiger charge is 2.09. The van der Waals surface area contributed by atoms with Gasteiger partial charge in [0.15, 0.2) is 0 Å². The van der Waals surface area contributed by atoms with Gasteiger partial charge in [-0.25, -0.2) is 4.98 Å². The van der Waals surface area contributed by atoms with Gasteiger partial charge >= 0.3 is 0 Å². The van der Waals surface area contributed by atoms with Crippen molar-refractivity contribution in [1.82, 2.24) is 9.66 Å². The predicted molar refractivity (Wildman–Crippen MR) is 106 cm³/mol. The SMILES string of the molecule is COc1ccc(-c2ccc(C=Nn3c(-c4ccccc4)cnc3N)o2)cc1. The average molecular weight is 358 g/mol. The third-order valence-electron chi connectivity index (χ3n) is 4.14. The molecule has 0 unspecified atom stereocenters. The van der Waals surface area contributed by atoms with Crippen LogP contribution in [0.15, 0.2) is 82.4 Å². The van der Waals surface area contributed by atoms with Crippen LogP contribution in [-0.2, 0) is 0 Å². The molecule has 0 amide bonds. The summed E-state index contributed by atoms with van der Waals surface area (Å²) in [5, 5.41) is 4.44. The van der Waals surface area contributed by atoms with Crippen LogP contribution < -0.4 is 10.5 Å². The lowest BCUT2D eigenvalue weighted by Crippen LogP contribution is -1.99. The quantitative estimate of drug-likeness (QED) is 0.540. The summed E-state index contributed by atoms with van der Waals surface area (Å²) >= 11 is 0. The Morgan fingerprint density at radius 1 is 1.00 bits per heavy atom. The van der Waals surface area contributed by atoms with Gasteiger partial charge in [-0.2, -0.15) is 9.78 Å². The average Bonchev–Trinajstić information content (AvgIpc) is 3.34. The molecule has 0 aliphatic rings. The fraction of sp³-hybridized carbons (Fsp3) is 0.0476. The minimum Gasteiger partial charge on any atom is -0.497 e. The van der Waals surface area contributed by atoms with E-state index in [1.165, 1.54) is 0 Å². The fourth-order valence-corrected chi connectivity index (χ4v) is 2.73. The predicted octanol–water partition coefficient (Wildman–Crippen LogP) is 4.28. The fourth-order valence-electron chi connectivity index (χ4n) is 2.73. The van der Waals surface area contributed by atoms with E-state index in [0.29, 0.717) is 11.7 Å².